The van der Waals surface area contributed by atoms with E-state index in [2.05, 4.69) is 45.2 Å². The van der Waals surface area contributed by atoms with Crippen LogP contribution in [0.4, 0.5) is 5.69 Å². The fourth-order valence-electron chi connectivity index (χ4n) is 3.00. The standard InChI is InChI=1S/C20H23BrN2O/c1-15-9-11-23(12-10-15)14-16-5-7-19(8-6-16)22-20(24)17-3-2-4-18(21)13-17/h2-8,13,15H,9-12,14H2,1H3,(H,22,24). The molecule has 0 atom stereocenters. The fourth-order valence-corrected chi connectivity index (χ4v) is 3.40. The highest BCUT2D eigenvalue weighted by Gasteiger charge is 2.15. The van der Waals surface area contributed by atoms with Crippen molar-refractivity contribution in [3.8, 4) is 0 Å². The molecule has 2 aromatic carbocycles. The quantitative estimate of drug-likeness (QED) is 0.807. The maximum atomic E-state index is 12.3. The van der Waals surface area contributed by atoms with Gasteiger partial charge in [0.05, 0.1) is 0 Å². The van der Waals surface area contributed by atoms with Crippen LogP contribution in [-0.4, -0.2) is 23.9 Å². The van der Waals surface area contributed by atoms with Crippen molar-refractivity contribution in [1.82, 2.24) is 4.90 Å². The van der Waals surface area contributed by atoms with Crippen LogP contribution in [-0.2, 0) is 6.54 Å². The van der Waals surface area contributed by atoms with Crippen LogP contribution in [0.1, 0.15) is 35.7 Å². The highest BCUT2D eigenvalue weighted by molar-refractivity contribution is 9.10. The lowest BCUT2D eigenvalue weighted by molar-refractivity contribution is 0.102. The molecule has 1 aliphatic heterocycles. The zero-order valence-corrected chi connectivity index (χ0v) is 15.6. The summed E-state index contributed by atoms with van der Waals surface area (Å²) in [5.74, 6) is 0.769. The van der Waals surface area contributed by atoms with E-state index in [0.29, 0.717) is 5.56 Å². The maximum absolute atomic E-state index is 12.3. The van der Waals surface area contributed by atoms with Crippen molar-refractivity contribution in [2.24, 2.45) is 5.92 Å². The first-order valence-corrected chi connectivity index (χ1v) is 9.27. The molecule has 0 unspecified atom stereocenters. The van der Waals surface area contributed by atoms with Gasteiger partial charge >= 0.3 is 0 Å². The molecule has 1 amide bonds. The number of benzene rings is 2. The molecule has 3 nitrogen and oxygen atoms in total. The number of carbonyl (C=O) groups excluding carboxylic acids is 1. The molecule has 1 fully saturated rings. The Morgan fingerprint density at radius 1 is 1.17 bits per heavy atom. The fraction of sp³-hybridized carbons (Fsp3) is 0.350. The zero-order valence-electron chi connectivity index (χ0n) is 14.0. The van der Waals surface area contributed by atoms with Crippen molar-refractivity contribution < 1.29 is 4.79 Å². The minimum atomic E-state index is -0.0888. The molecule has 0 spiro atoms. The molecule has 1 aliphatic rings. The molecular formula is C20H23BrN2O. The van der Waals surface area contributed by atoms with Crippen LogP contribution in [0.2, 0.25) is 0 Å². The molecule has 0 saturated carbocycles. The Kier molecular flexibility index (Phi) is 5.69. The number of piperidine rings is 1. The Bertz CT molecular complexity index is 691. The van der Waals surface area contributed by atoms with Crippen LogP contribution in [0.5, 0.6) is 0 Å². The third-order valence-electron chi connectivity index (χ3n) is 4.58. The summed E-state index contributed by atoms with van der Waals surface area (Å²) in [5, 5.41) is 2.95. The first kappa shape index (κ1) is 17.2. The Labute approximate surface area is 152 Å². The predicted octanol–water partition coefficient (Wildman–Crippen LogP) is 4.93. The molecule has 0 radical (unpaired) electrons. The minimum absolute atomic E-state index is 0.0888. The number of likely N-dealkylation sites (tertiary alicyclic amines) is 1. The molecule has 24 heavy (non-hydrogen) atoms. The van der Waals surface area contributed by atoms with Gasteiger partial charge in [0.2, 0.25) is 0 Å². The molecule has 1 saturated heterocycles. The Morgan fingerprint density at radius 3 is 2.54 bits per heavy atom. The summed E-state index contributed by atoms with van der Waals surface area (Å²) < 4.78 is 0.904. The smallest absolute Gasteiger partial charge is 0.255 e. The van der Waals surface area contributed by atoms with E-state index in [1.165, 1.54) is 31.5 Å². The van der Waals surface area contributed by atoms with Crippen LogP contribution >= 0.6 is 15.9 Å². The van der Waals surface area contributed by atoms with E-state index in [4.69, 9.17) is 0 Å². The van der Waals surface area contributed by atoms with Crippen molar-refractivity contribution in [3.63, 3.8) is 0 Å². The van der Waals surface area contributed by atoms with Gasteiger partial charge in [-0.3, -0.25) is 9.69 Å². The largest absolute Gasteiger partial charge is 0.322 e. The number of rotatable bonds is 4. The van der Waals surface area contributed by atoms with E-state index >= 15 is 0 Å². The third kappa shape index (κ3) is 4.68. The maximum Gasteiger partial charge on any atom is 0.255 e. The summed E-state index contributed by atoms with van der Waals surface area (Å²) in [5.41, 5.74) is 2.77. The highest BCUT2D eigenvalue weighted by atomic mass is 79.9. The van der Waals surface area contributed by atoms with Crippen molar-refractivity contribution >= 4 is 27.5 Å². The molecule has 4 heteroatoms. The summed E-state index contributed by atoms with van der Waals surface area (Å²) in [4.78, 5) is 14.8. The van der Waals surface area contributed by atoms with E-state index < -0.39 is 0 Å². The van der Waals surface area contributed by atoms with E-state index in [0.717, 1.165) is 22.6 Å². The highest BCUT2D eigenvalue weighted by Crippen LogP contribution is 2.19. The van der Waals surface area contributed by atoms with Gasteiger partial charge in [0.15, 0.2) is 0 Å². The SMILES string of the molecule is CC1CCN(Cc2ccc(NC(=O)c3cccc(Br)c3)cc2)CC1. The van der Waals surface area contributed by atoms with Crippen molar-refractivity contribution in [2.75, 3.05) is 18.4 Å². The second-order valence-electron chi connectivity index (χ2n) is 6.62. The van der Waals surface area contributed by atoms with Gasteiger partial charge in [0.25, 0.3) is 5.91 Å². The van der Waals surface area contributed by atoms with E-state index in [9.17, 15) is 4.79 Å². The second kappa shape index (κ2) is 7.95. The first-order valence-electron chi connectivity index (χ1n) is 8.48. The molecule has 126 valence electrons. The minimum Gasteiger partial charge on any atom is -0.322 e. The Morgan fingerprint density at radius 2 is 1.88 bits per heavy atom. The van der Waals surface area contributed by atoms with Crippen LogP contribution in [0.25, 0.3) is 0 Å². The van der Waals surface area contributed by atoms with Crippen LogP contribution in [0, 0.1) is 5.92 Å². The Hall–Kier alpha value is -1.65. The van der Waals surface area contributed by atoms with Crippen LogP contribution in [0.15, 0.2) is 53.0 Å². The van der Waals surface area contributed by atoms with Gasteiger partial charge in [-0.25, -0.2) is 0 Å². The molecule has 2 aromatic rings. The Balaban J connectivity index is 1.57. The van der Waals surface area contributed by atoms with Crippen molar-refractivity contribution in [1.29, 1.82) is 0 Å². The topological polar surface area (TPSA) is 32.3 Å². The average Bonchev–Trinajstić information content (AvgIpc) is 2.59. The molecule has 1 heterocycles. The third-order valence-corrected chi connectivity index (χ3v) is 5.07. The second-order valence-corrected chi connectivity index (χ2v) is 7.54. The van der Waals surface area contributed by atoms with Crippen molar-refractivity contribution in [3.05, 3.63) is 64.1 Å². The predicted molar refractivity (Wildman–Crippen MR) is 102 cm³/mol. The van der Waals surface area contributed by atoms with Gasteiger partial charge in [-0.2, -0.15) is 0 Å². The van der Waals surface area contributed by atoms with Crippen LogP contribution in [0.3, 0.4) is 0 Å². The molecule has 3 rings (SSSR count). The van der Waals surface area contributed by atoms with Gasteiger partial charge < -0.3 is 5.32 Å². The molecular weight excluding hydrogens is 364 g/mol. The molecule has 0 bridgehead atoms. The summed E-state index contributed by atoms with van der Waals surface area (Å²) in [6.45, 7) is 5.69. The number of amides is 1. The number of hydrogen-bond donors (Lipinski definition) is 1. The summed E-state index contributed by atoms with van der Waals surface area (Å²) in [6, 6.07) is 15.6. The number of carbonyl (C=O) groups is 1. The van der Waals surface area contributed by atoms with Gasteiger partial charge in [-0.05, 0) is 67.7 Å². The van der Waals surface area contributed by atoms with Gasteiger partial charge in [-0.15, -0.1) is 0 Å². The van der Waals surface area contributed by atoms with E-state index in [1.54, 1.807) is 0 Å². The molecule has 0 aromatic heterocycles. The summed E-state index contributed by atoms with van der Waals surface area (Å²) in [7, 11) is 0. The normalized spacial score (nSPS) is 16.1. The van der Waals surface area contributed by atoms with E-state index in [1.807, 2.05) is 36.4 Å². The lowest BCUT2D eigenvalue weighted by Crippen LogP contribution is -2.32. The summed E-state index contributed by atoms with van der Waals surface area (Å²) >= 11 is 3.39. The zero-order chi connectivity index (χ0) is 16.9. The lowest BCUT2D eigenvalue weighted by Gasteiger charge is -2.30. The van der Waals surface area contributed by atoms with Crippen molar-refractivity contribution in [2.45, 2.75) is 26.3 Å². The summed E-state index contributed by atoms with van der Waals surface area (Å²) in [6.07, 6.45) is 2.58. The van der Waals surface area contributed by atoms with Gasteiger partial charge in [-0.1, -0.05) is 41.1 Å². The molecule has 1 N–H and O–H groups in total. The first-order chi connectivity index (χ1) is 11.6. The molecule has 0 aliphatic carbocycles. The monoisotopic (exact) mass is 386 g/mol. The number of nitrogens with zero attached hydrogens (tertiary/aromatic N) is 1. The van der Waals surface area contributed by atoms with Gasteiger partial charge in [0.1, 0.15) is 0 Å². The number of hydrogen-bond acceptors (Lipinski definition) is 2. The van der Waals surface area contributed by atoms with E-state index in [-0.39, 0.29) is 5.91 Å². The lowest BCUT2D eigenvalue weighted by atomic mass is 9.99. The average molecular weight is 387 g/mol. The number of anilines is 1. The van der Waals surface area contributed by atoms with Crippen LogP contribution < -0.4 is 5.32 Å². The number of nitrogens with one attached hydrogen (secondary N) is 1. The van der Waals surface area contributed by atoms with Gasteiger partial charge in [0, 0.05) is 22.3 Å². The number of halogens is 1.